The molecule has 0 saturated heterocycles. The Hall–Kier alpha value is -2.21. The number of amides is 1. The van der Waals surface area contributed by atoms with E-state index in [4.69, 9.17) is 4.74 Å². The Balaban J connectivity index is 1.94. The van der Waals surface area contributed by atoms with Crippen LogP contribution in [0.15, 0.2) is 24.4 Å². The van der Waals surface area contributed by atoms with Crippen molar-refractivity contribution >= 4 is 5.91 Å². The van der Waals surface area contributed by atoms with Gasteiger partial charge < -0.3 is 14.6 Å². The lowest BCUT2D eigenvalue weighted by atomic mass is 10.1. The van der Waals surface area contributed by atoms with Crippen molar-refractivity contribution in [2.45, 2.75) is 27.0 Å². The molecule has 118 valence electrons. The molecule has 2 aromatic rings. The standard InChI is InChI=1S/C16H20FN3O2/c1-11-4-5-13(8-14(11)17)16(21)18-6-7-20-12(2)9-19-15(20)10-22-3/h4-5,8-9H,6-7,10H2,1-3H3,(H,18,21). The van der Waals surface area contributed by atoms with Crippen LogP contribution in [0.3, 0.4) is 0 Å². The van der Waals surface area contributed by atoms with Gasteiger partial charge in [-0.15, -0.1) is 0 Å². The summed E-state index contributed by atoms with van der Waals surface area (Å²) in [4.78, 5) is 16.3. The van der Waals surface area contributed by atoms with E-state index in [2.05, 4.69) is 10.3 Å². The third-order valence-electron chi connectivity index (χ3n) is 3.47. The van der Waals surface area contributed by atoms with Crippen molar-refractivity contribution in [1.82, 2.24) is 14.9 Å². The first kappa shape index (κ1) is 16.2. The van der Waals surface area contributed by atoms with Crippen LogP contribution in [0.25, 0.3) is 0 Å². The maximum Gasteiger partial charge on any atom is 0.251 e. The molecule has 0 spiro atoms. The van der Waals surface area contributed by atoms with Gasteiger partial charge in [-0.25, -0.2) is 9.37 Å². The summed E-state index contributed by atoms with van der Waals surface area (Å²) < 4.78 is 20.5. The normalized spacial score (nSPS) is 10.7. The number of methoxy groups -OCH3 is 1. The summed E-state index contributed by atoms with van der Waals surface area (Å²) in [5.41, 5.74) is 1.85. The number of carbonyl (C=O) groups excluding carboxylic acids is 1. The van der Waals surface area contributed by atoms with Gasteiger partial charge in [0.05, 0.1) is 0 Å². The molecule has 0 aliphatic carbocycles. The summed E-state index contributed by atoms with van der Waals surface area (Å²) >= 11 is 0. The zero-order valence-electron chi connectivity index (χ0n) is 13.0. The van der Waals surface area contributed by atoms with Crippen LogP contribution in [-0.4, -0.2) is 29.1 Å². The lowest BCUT2D eigenvalue weighted by molar-refractivity contribution is 0.0951. The summed E-state index contributed by atoms with van der Waals surface area (Å²) in [6.45, 7) is 5.05. The monoisotopic (exact) mass is 305 g/mol. The summed E-state index contributed by atoms with van der Waals surface area (Å²) in [5, 5.41) is 2.79. The van der Waals surface area contributed by atoms with Gasteiger partial charge in [-0.05, 0) is 31.5 Å². The molecule has 1 aromatic heterocycles. The number of hydrogen-bond donors (Lipinski definition) is 1. The van der Waals surface area contributed by atoms with E-state index in [1.807, 2.05) is 11.5 Å². The molecule has 0 saturated carbocycles. The fourth-order valence-corrected chi connectivity index (χ4v) is 2.18. The minimum Gasteiger partial charge on any atom is -0.377 e. The largest absolute Gasteiger partial charge is 0.377 e. The van der Waals surface area contributed by atoms with Gasteiger partial charge in [0.1, 0.15) is 18.2 Å². The van der Waals surface area contributed by atoms with Crippen LogP contribution in [0.2, 0.25) is 0 Å². The van der Waals surface area contributed by atoms with Crippen molar-refractivity contribution in [3.05, 3.63) is 52.9 Å². The van der Waals surface area contributed by atoms with Gasteiger partial charge in [-0.2, -0.15) is 0 Å². The Bertz CT molecular complexity index is 667. The molecule has 2 rings (SSSR count). The van der Waals surface area contributed by atoms with E-state index in [-0.39, 0.29) is 11.7 Å². The molecule has 0 unspecified atom stereocenters. The fourth-order valence-electron chi connectivity index (χ4n) is 2.18. The first-order valence-corrected chi connectivity index (χ1v) is 7.07. The lowest BCUT2D eigenvalue weighted by Crippen LogP contribution is -2.28. The minimum atomic E-state index is -0.375. The molecule has 1 N–H and O–H groups in total. The molecule has 5 nitrogen and oxygen atoms in total. The predicted octanol–water partition coefficient (Wildman–Crippen LogP) is 2.22. The second kappa shape index (κ2) is 7.17. The third kappa shape index (κ3) is 3.71. The van der Waals surface area contributed by atoms with Crippen molar-refractivity contribution in [1.29, 1.82) is 0 Å². The van der Waals surface area contributed by atoms with E-state index < -0.39 is 0 Å². The van der Waals surface area contributed by atoms with Crippen molar-refractivity contribution < 1.29 is 13.9 Å². The number of hydrogen-bond acceptors (Lipinski definition) is 3. The van der Waals surface area contributed by atoms with Gasteiger partial charge in [0.2, 0.25) is 0 Å². The summed E-state index contributed by atoms with van der Waals surface area (Å²) in [6.07, 6.45) is 1.77. The highest BCUT2D eigenvalue weighted by molar-refractivity contribution is 5.94. The zero-order valence-corrected chi connectivity index (χ0v) is 13.0. The van der Waals surface area contributed by atoms with Gasteiger partial charge in [-0.3, -0.25) is 4.79 Å². The van der Waals surface area contributed by atoms with Crippen LogP contribution in [0, 0.1) is 19.7 Å². The second-order valence-electron chi connectivity index (χ2n) is 5.12. The molecule has 0 bridgehead atoms. The van der Waals surface area contributed by atoms with E-state index in [9.17, 15) is 9.18 Å². The molecular weight excluding hydrogens is 285 g/mol. The molecule has 0 radical (unpaired) electrons. The van der Waals surface area contributed by atoms with Crippen molar-refractivity contribution in [2.24, 2.45) is 0 Å². The van der Waals surface area contributed by atoms with Crippen molar-refractivity contribution in [3.63, 3.8) is 0 Å². The van der Waals surface area contributed by atoms with Crippen molar-refractivity contribution in [3.8, 4) is 0 Å². The topological polar surface area (TPSA) is 56.1 Å². The molecular formula is C16H20FN3O2. The van der Waals surface area contributed by atoms with Crippen LogP contribution in [-0.2, 0) is 17.9 Å². The van der Waals surface area contributed by atoms with E-state index in [0.29, 0.717) is 30.8 Å². The fraction of sp³-hybridized carbons (Fsp3) is 0.375. The summed E-state index contributed by atoms with van der Waals surface area (Å²) in [7, 11) is 1.61. The summed E-state index contributed by atoms with van der Waals surface area (Å²) in [5.74, 6) is 0.154. The average molecular weight is 305 g/mol. The number of carbonyl (C=O) groups is 1. The predicted molar refractivity (Wildman–Crippen MR) is 81.1 cm³/mol. The number of halogens is 1. The molecule has 0 aliphatic rings. The van der Waals surface area contributed by atoms with E-state index in [0.717, 1.165) is 11.5 Å². The Kier molecular flexibility index (Phi) is 5.27. The number of benzene rings is 1. The maximum atomic E-state index is 13.5. The number of ether oxygens (including phenoxy) is 1. The number of imidazole rings is 1. The highest BCUT2D eigenvalue weighted by Crippen LogP contribution is 2.09. The molecule has 6 heteroatoms. The zero-order chi connectivity index (χ0) is 16.1. The average Bonchev–Trinajstić information content (AvgIpc) is 2.83. The van der Waals surface area contributed by atoms with E-state index >= 15 is 0 Å². The van der Waals surface area contributed by atoms with Gasteiger partial charge in [0, 0.05) is 37.7 Å². The molecule has 22 heavy (non-hydrogen) atoms. The van der Waals surface area contributed by atoms with Gasteiger partial charge in [0.25, 0.3) is 5.91 Å². The molecule has 0 aliphatic heterocycles. The van der Waals surface area contributed by atoms with Crippen LogP contribution in [0.5, 0.6) is 0 Å². The Morgan fingerprint density at radius 3 is 2.86 bits per heavy atom. The lowest BCUT2D eigenvalue weighted by Gasteiger charge is -2.11. The minimum absolute atomic E-state index is 0.287. The smallest absolute Gasteiger partial charge is 0.251 e. The Morgan fingerprint density at radius 2 is 2.18 bits per heavy atom. The maximum absolute atomic E-state index is 13.5. The van der Waals surface area contributed by atoms with Gasteiger partial charge >= 0.3 is 0 Å². The number of nitrogens with one attached hydrogen (secondary N) is 1. The van der Waals surface area contributed by atoms with Gasteiger partial charge in [0.15, 0.2) is 0 Å². The highest BCUT2D eigenvalue weighted by Gasteiger charge is 2.09. The Labute approximate surface area is 129 Å². The highest BCUT2D eigenvalue weighted by atomic mass is 19.1. The number of rotatable bonds is 6. The van der Waals surface area contributed by atoms with E-state index in [1.165, 1.54) is 6.07 Å². The summed E-state index contributed by atoms with van der Waals surface area (Å²) in [6, 6.07) is 4.47. The third-order valence-corrected chi connectivity index (χ3v) is 3.47. The molecule has 1 aromatic carbocycles. The molecule has 1 amide bonds. The molecule has 0 atom stereocenters. The van der Waals surface area contributed by atoms with Crippen molar-refractivity contribution in [2.75, 3.05) is 13.7 Å². The number of aromatic nitrogens is 2. The Morgan fingerprint density at radius 1 is 1.41 bits per heavy atom. The van der Waals surface area contributed by atoms with E-state index in [1.54, 1.807) is 32.4 Å². The van der Waals surface area contributed by atoms with Crippen LogP contribution < -0.4 is 5.32 Å². The molecule has 0 fully saturated rings. The van der Waals surface area contributed by atoms with Crippen LogP contribution in [0.1, 0.15) is 27.4 Å². The second-order valence-corrected chi connectivity index (χ2v) is 5.12. The number of aryl methyl sites for hydroxylation is 2. The SMILES string of the molecule is COCc1ncc(C)n1CCNC(=O)c1ccc(C)c(F)c1. The first-order valence-electron chi connectivity index (χ1n) is 7.07. The quantitative estimate of drug-likeness (QED) is 0.890. The number of nitrogens with zero attached hydrogens (tertiary/aromatic N) is 2. The van der Waals surface area contributed by atoms with Crippen LogP contribution >= 0.6 is 0 Å². The molecule has 1 heterocycles. The van der Waals surface area contributed by atoms with Crippen LogP contribution in [0.4, 0.5) is 4.39 Å². The van der Waals surface area contributed by atoms with Gasteiger partial charge in [-0.1, -0.05) is 6.07 Å². The first-order chi connectivity index (χ1) is 10.5.